The Kier molecular flexibility index (Phi) is 10.4. The SMILES string of the molecule is CC1(C)CC2(C)c3cc(C(C)(C)C)ccc3N(c3cc4c5c(c3)N(c3ccc(C(C)(C)C)cc3-c3ccccc3)c3ccccc3B5c3ccccc3N4c3ccc(C(C)(C)C)cc3-c3ccccc3)C2(C)C1. The zero-order valence-corrected chi connectivity index (χ0v) is 45.6. The summed E-state index contributed by atoms with van der Waals surface area (Å²) >= 11 is 0. The molecular formula is C69H72BN3. The van der Waals surface area contributed by atoms with Crippen molar-refractivity contribution in [3.63, 3.8) is 0 Å². The average Bonchev–Trinajstić information content (AvgIpc) is 3.69. The van der Waals surface area contributed by atoms with Crippen LogP contribution in [0.4, 0.5) is 45.5 Å². The number of hydrogen-bond acceptors (Lipinski definition) is 3. The Bertz CT molecular complexity index is 3320. The van der Waals surface area contributed by atoms with Crippen molar-refractivity contribution < 1.29 is 0 Å². The van der Waals surface area contributed by atoms with Gasteiger partial charge in [-0.05, 0) is 146 Å². The highest BCUT2D eigenvalue weighted by atomic mass is 15.3. The maximum atomic E-state index is 2.81. The van der Waals surface area contributed by atoms with Crippen LogP contribution < -0.4 is 31.1 Å². The second-order valence-electron chi connectivity index (χ2n) is 26.3. The van der Waals surface area contributed by atoms with E-state index >= 15 is 0 Å². The summed E-state index contributed by atoms with van der Waals surface area (Å²) in [5.41, 5.74) is 24.0. The first-order valence-corrected chi connectivity index (χ1v) is 26.9. The number of hydrogen-bond donors (Lipinski definition) is 0. The normalized spacial score (nSPS) is 19.6. The Labute approximate surface area is 437 Å². The number of benzene rings is 8. The van der Waals surface area contributed by atoms with Crippen LogP contribution in [0.3, 0.4) is 0 Å². The van der Waals surface area contributed by atoms with E-state index < -0.39 is 0 Å². The van der Waals surface area contributed by atoms with Gasteiger partial charge in [0.1, 0.15) is 0 Å². The Morgan fingerprint density at radius 2 is 0.808 bits per heavy atom. The number of nitrogens with zero attached hydrogens (tertiary/aromatic N) is 3. The summed E-state index contributed by atoms with van der Waals surface area (Å²) in [5, 5.41) is 0. The van der Waals surface area contributed by atoms with Crippen molar-refractivity contribution in [2.24, 2.45) is 5.41 Å². The lowest BCUT2D eigenvalue weighted by atomic mass is 9.33. The minimum absolute atomic E-state index is 0.00604. The quantitative estimate of drug-likeness (QED) is 0.159. The molecule has 0 aromatic heterocycles. The van der Waals surface area contributed by atoms with Crippen LogP contribution in [0.5, 0.6) is 0 Å². The molecule has 0 saturated heterocycles. The first kappa shape index (κ1) is 47.2. The van der Waals surface area contributed by atoms with E-state index in [1.807, 2.05) is 0 Å². The largest absolute Gasteiger partial charge is 0.334 e. The third-order valence-corrected chi connectivity index (χ3v) is 17.5. The van der Waals surface area contributed by atoms with Crippen molar-refractivity contribution in [3.05, 3.63) is 198 Å². The van der Waals surface area contributed by atoms with Gasteiger partial charge in [0.2, 0.25) is 0 Å². The third-order valence-electron chi connectivity index (χ3n) is 17.5. The molecule has 2 unspecified atom stereocenters. The maximum absolute atomic E-state index is 2.81. The second kappa shape index (κ2) is 16.1. The Balaban J connectivity index is 1.23. The first-order valence-electron chi connectivity index (χ1n) is 26.9. The molecular weight excluding hydrogens is 882 g/mol. The number of para-hydroxylation sites is 2. The molecule has 3 heterocycles. The fourth-order valence-corrected chi connectivity index (χ4v) is 14.0. The van der Waals surface area contributed by atoms with Gasteiger partial charge in [0.05, 0.1) is 16.9 Å². The molecule has 1 fully saturated rings. The summed E-state index contributed by atoms with van der Waals surface area (Å²) in [6.45, 7) is 31.2. The molecule has 4 aliphatic rings. The summed E-state index contributed by atoms with van der Waals surface area (Å²) in [4.78, 5) is 8.11. The van der Waals surface area contributed by atoms with E-state index in [1.54, 1.807) is 0 Å². The van der Waals surface area contributed by atoms with Gasteiger partial charge in [-0.3, -0.25) is 0 Å². The first-order chi connectivity index (χ1) is 34.6. The van der Waals surface area contributed by atoms with Crippen LogP contribution in [-0.4, -0.2) is 12.3 Å². The van der Waals surface area contributed by atoms with E-state index in [4.69, 9.17) is 0 Å². The molecule has 2 atom stereocenters. The van der Waals surface area contributed by atoms with Crippen LogP contribution in [0, 0.1) is 5.41 Å². The highest BCUT2D eigenvalue weighted by molar-refractivity contribution is 7.00. The van der Waals surface area contributed by atoms with Gasteiger partial charge in [0, 0.05) is 50.7 Å². The number of fused-ring (bicyclic) bond motifs is 7. The smallest absolute Gasteiger partial charge is 0.252 e. The molecule has 1 aliphatic carbocycles. The van der Waals surface area contributed by atoms with Crippen molar-refractivity contribution >= 4 is 68.6 Å². The molecule has 12 rings (SSSR count). The predicted octanol–water partition coefficient (Wildman–Crippen LogP) is 17.0. The lowest BCUT2D eigenvalue weighted by molar-refractivity contribution is 0.330. The lowest BCUT2D eigenvalue weighted by Gasteiger charge is -2.47. The van der Waals surface area contributed by atoms with Gasteiger partial charge < -0.3 is 14.7 Å². The third kappa shape index (κ3) is 7.28. The molecule has 73 heavy (non-hydrogen) atoms. The second-order valence-corrected chi connectivity index (χ2v) is 26.3. The zero-order chi connectivity index (χ0) is 51.2. The minimum Gasteiger partial charge on any atom is -0.334 e. The lowest BCUT2D eigenvalue weighted by Crippen LogP contribution is -2.61. The van der Waals surface area contributed by atoms with Crippen LogP contribution in [0.25, 0.3) is 22.3 Å². The van der Waals surface area contributed by atoms with E-state index in [1.165, 1.54) is 106 Å². The van der Waals surface area contributed by atoms with Crippen LogP contribution >= 0.6 is 0 Å². The van der Waals surface area contributed by atoms with E-state index in [-0.39, 0.29) is 39.3 Å². The van der Waals surface area contributed by atoms with Crippen molar-refractivity contribution in [1.82, 2.24) is 0 Å². The van der Waals surface area contributed by atoms with Crippen molar-refractivity contribution in [3.8, 4) is 22.3 Å². The van der Waals surface area contributed by atoms with Gasteiger partial charge in [0.25, 0.3) is 6.71 Å². The molecule has 8 aromatic rings. The highest BCUT2D eigenvalue weighted by Gasteiger charge is 2.64. The summed E-state index contributed by atoms with van der Waals surface area (Å²) in [5.74, 6) is 0. The molecule has 0 N–H and O–H groups in total. The molecule has 0 amide bonds. The van der Waals surface area contributed by atoms with Crippen LogP contribution in [0.1, 0.15) is 125 Å². The zero-order valence-electron chi connectivity index (χ0n) is 45.6. The standard InChI is InChI=1S/C69H72BN3/c1-64(2,3)47-32-35-56(51(38-47)45-24-16-14-17-25-45)71-59-30-22-20-28-54(59)70-55-29-21-23-31-60(55)72(57-36-33-48(65(4,5)6)39-52(57)46-26-18-15-19-27-46)62-42-50(41-61(71)63(62)70)73-58-37-34-49(66(7,8)9)40-53(58)68(12)43-67(10,11)44-69(68,73)13/h14-42H,43-44H2,1-13H3. The molecule has 4 heteroatoms. The molecule has 1 saturated carbocycles. The summed E-state index contributed by atoms with van der Waals surface area (Å²) in [6.07, 6.45) is 2.19. The molecule has 3 aliphatic heterocycles. The van der Waals surface area contributed by atoms with E-state index in [9.17, 15) is 0 Å². The van der Waals surface area contributed by atoms with Gasteiger partial charge in [0.15, 0.2) is 0 Å². The Morgan fingerprint density at radius 1 is 0.397 bits per heavy atom. The van der Waals surface area contributed by atoms with Gasteiger partial charge >= 0.3 is 0 Å². The number of anilines is 8. The van der Waals surface area contributed by atoms with Crippen molar-refractivity contribution in [1.29, 1.82) is 0 Å². The van der Waals surface area contributed by atoms with Gasteiger partial charge in [-0.1, -0.05) is 204 Å². The van der Waals surface area contributed by atoms with Gasteiger partial charge in [-0.15, -0.1) is 0 Å². The average molecular weight is 954 g/mol. The van der Waals surface area contributed by atoms with Gasteiger partial charge in [-0.2, -0.15) is 0 Å². The molecule has 3 nitrogen and oxygen atoms in total. The van der Waals surface area contributed by atoms with E-state index in [0.717, 1.165) is 12.8 Å². The van der Waals surface area contributed by atoms with Crippen molar-refractivity contribution in [2.45, 2.75) is 130 Å². The summed E-state index contributed by atoms with van der Waals surface area (Å²) < 4.78 is 0. The topological polar surface area (TPSA) is 9.72 Å². The summed E-state index contributed by atoms with van der Waals surface area (Å²) in [7, 11) is 0. The molecule has 366 valence electrons. The van der Waals surface area contributed by atoms with Crippen LogP contribution in [0.15, 0.2) is 176 Å². The molecule has 0 bridgehead atoms. The Hall–Kier alpha value is -6.78. The highest BCUT2D eigenvalue weighted by Crippen LogP contribution is 2.67. The number of rotatable bonds is 5. The Morgan fingerprint density at radius 3 is 1.26 bits per heavy atom. The van der Waals surface area contributed by atoms with Crippen LogP contribution in [0.2, 0.25) is 0 Å². The van der Waals surface area contributed by atoms with E-state index in [0.29, 0.717) is 0 Å². The maximum Gasteiger partial charge on any atom is 0.252 e. The minimum atomic E-state index is -0.211. The van der Waals surface area contributed by atoms with Crippen molar-refractivity contribution in [2.75, 3.05) is 14.7 Å². The molecule has 8 aromatic carbocycles. The van der Waals surface area contributed by atoms with E-state index in [2.05, 4.69) is 281 Å². The van der Waals surface area contributed by atoms with Crippen LogP contribution in [-0.2, 0) is 21.7 Å². The monoisotopic (exact) mass is 954 g/mol. The fraction of sp³-hybridized carbons (Fsp3) is 0.304. The fourth-order valence-electron chi connectivity index (χ4n) is 14.0. The predicted molar refractivity (Wildman–Crippen MR) is 315 cm³/mol. The summed E-state index contributed by atoms with van der Waals surface area (Å²) in [6, 6.07) is 67.9. The van der Waals surface area contributed by atoms with Gasteiger partial charge in [-0.25, -0.2) is 0 Å². The molecule has 0 spiro atoms. The molecule has 0 radical (unpaired) electrons.